The summed E-state index contributed by atoms with van der Waals surface area (Å²) in [6.07, 6.45) is 7.00. The first-order chi connectivity index (χ1) is 11.8. The number of nitrogens with zero attached hydrogens (tertiary/aromatic N) is 6. The van der Waals surface area contributed by atoms with Crippen LogP contribution in [-0.2, 0) is 11.2 Å². The molecule has 0 spiro atoms. The zero-order valence-corrected chi connectivity index (χ0v) is 14.0. The highest BCUT2D eigenvalue weighted by Crippen LogP contribution is 2.18. The number of carbonyl (C=O) groups is 1. The molecule has 4 heterocycles. The van der Waals surface area contributed by atoms with E-state index in [9.17, 15) is 4.79 Å². The Morgan fingerprint density at radius 2 is 1.71 bits per heavy atom. The van der Waals surface area contributed by atoms with Gasteiger partial charge >= 0.3 is 0 Å². The van der Waals surface area contributed by atoms with Gasteiger partial charge in [-0.3, -0.25) is 4.79 Å². The molecule has 0 atom stereocenters. The number of piperidine rings is 1. The summed E-state index contributed by atoms with van der Waals surface area (Å²) in [5, 5.41) is 13.1. The number of rotatable bonds is 4. The van der Waals surface area contributed by atoms with E-state index in [1.807, 2.05) is 17.0 Å². The van der Waals surface area contributed by atoms with Crippen LogP contribution in [0, 0.1) is 0 Å². The number of anilines is 1. The highest BCUT2D eigenvalue weighted by Gasteiger charge is 2.19. The first-order valence-corrected chi connectivity index (χ1v) is 9.05. The summed E-state index contributed by atoms with van der Waals surface area (Å²) in [6.45, 7) is 3.92. The number of carbonyl (C=O) groups excluding carboxylic acids is 1. The molecule has 7 nitrogen and oxygen atoms in total. The molecule has 4 rings (SSSR count). The van der Waals surface area contributed by atoms with Gasteiger partial charge < -0.3 is 9.80 Å². The van der Waals surface area contributed by atoms with Gasteiger partial charge in [0.15, 0.2) is 11.5 Å². The minimum Gasteiger partial charge on any atom is -0.355 e. The fraction of sp³-hybridized carbons (Fsp3) is 0.647. The summed E-state index contributed by atoms with van der Waals surface area (Å²) >= 11 is 0. The maximum Gasteiger partial charge on any atom is 0.223 e. The highest BCUT2D eigenvalue weighted by atomic mass is 16.2. The molecule has 0 bridgehead atoms. The van der Waals surface area contributed by atoms with Gasteiger partial charge in [-0.1, -0.05) is 0 Å². The Hall–Kier alpha value is -2.18. The molecular weight excluding hydrogens is 304 g/mol. The quantitative estimate of drug-likeness (QED) is 0.854. The molecule has 128 valence electrons. The van der Waals surface area contributed by atoms with E-state index in [2.05, 4.69) is 15.1 Å². The minimum atomic E-state index is 0.224. The van der Waals surface area contributed by atoms with Crippen LogP contribution in [0.5, 0.6) is 0 Å². The smallest absolute Gasteiger partial charge is 0.223 e. The van der Waals surface area contributed by atoms with Crippen LogP contribution in [-0.4, -0.2) is 56.8 Å². The third-order valence-corrected chi connectivity index (χ3v) is 5.01. The predicted octanol–water partition coefficient (Wildman–Crippen LogP) is 1.67. The lowest BCUT2D eigenvalue weighted by molar-refractivity contribution is -0.132. The summed E-state index contributed by atoms with van der Waals surface area (Å²) in [7, 11) is 0. The zero-order chi connectivity index (χ0) is 16.4. The van der Waals surface area contributed by atoms with Crippen molar-refractivity contribution >= 4 is 17.4 Å². The number of fused-ring (bicyclic) bond motifs is 1. The van der Waals surface area contributed by atoms with Crippen molar-refractivity contribution in [3.63, 3.8) is 0 Å². The minimum absolute atomic E-state index is 0.224. The van der Waals surface area contributed by atoms with Crippen LogP contribution >= 0.6 is 0 Å². The highest BCUT2D eigenvalue weighted by molar-refractivity contribution is 5.76. The number of likely N-dealkylation sites (tertiary alicyclic amines) is 1. The van der Waals surface area contributed by atoms with E-state index in [1.165, 1.54) is 19.3 Å². The van der Waals surface area contributed by atoms with Crippen LogP contribution in [0.25, 0.3) is 5.65 Å². The molecule has 2 saturated heterocycles. The van der Waals surface area contributed by atoms with Gasteiger partial charge in [0.25, 0.3) is 0 Å². The zero-order valence-electron chi connectivity index (χ0n) is 14.0. The summed E-state index contributed by atoms with van der Waals surface area (Å²) in [4.78, 5) is 16.6. The third-order valence-electron chi connectivity index (χ3n) is 5.01. The number of aromatic nitrogens is 4. The number of hydrogen-bond acceptors (Lipinski definition) is 5. The molecule has 7 heteroatoms. The Kier molecular flexibility index (Phi) is 4.32. The monoisotopic (exact) mass is 328 g/mol. The summed E-state index contributed by atoms with van der Waals surface area (Å²) in [6, 6.07) is 3.97. The molecule has 1 amide bonds. The molecular formula is C17H24N6O. The number of aryl methyl sites for hydroxylation is 1. The van der Waals surface area contributed by atoms with Gasteiger partial charge in [0, 0.05) is 39.0 Å². The molecule has 2 aromatic rings. The van der Waals surface area contributed by atoms with E-state index in [0.717, 1.165) is 56.3 Å². The fourth-order valence-electron chi connectivity index (χ4n) is 3.61. The summed E-state index contributed by atoms with van der Waals surface area (Å²) in [5.41, 5.74) is 0.748. The van der Waals surface area contributed by atoms with Crippen LogP contribution in [0.1, 0.15) is 44.3 Å². The lowest BCUT2D eigenvalue weighted by Crippen LogP contribution is -2.35. The van der Waals surface area contributed by atoms with Crippen molar-refractivity contribution < 1.29 is 4.79 Å². The Morgan fingerprint density at radius 1 is 0.958 bits per heavy atom. The molecule has 0 saturated carbocycles. The Bertz CT molecular complexity index is 715. The van der Waals surface area contributed by atoms with Gasteiger partial charge in [-0.25, -0.2) is 0 Å². The second-order valence-electron chi connectivity index (χ2n) is 6.71. The lowest BCUT2D eigenvalue weighted by Gasteiger charge is -2.26. The maximum atomic E-state index is 12.3. The largest absolute Gasteiger partial charge is 0.355 e. The van der Waals surface area contributed by atoms with Gasteiger partial charge in [0.05, 0.1) is 0 Å². The molecule has 2 fully saturated rings. The second-order valence-corrected chi connectivity index (χ2v) is 6.71. The number of hydrogen-bond donors (Lipinski definition) is 0. The van der Waals surface area contributed by atoms with Crippen molar-refractivity contribution in [3.8, 4) is 0 Å². The third kappa shape index (κ3) is 3.07. The van der Waals surface area contributed by atoms with E-state index in [0.29, 0.717) is 12.8 Å². The molecule has 0 radical (unpaired) electrons. The normalized spacial score (nSPS) is 18.5. The Morgan fingerprint density at radius 3 is 2.50 bits per heavy atom. The van der Waals surface area contributed by atoms with Crippen LogP contribution in [0.2, 0.25) is 0 Å². The van der Waals surface area contributed by atoms with Gasteiger partial charge in [-0.05, 0) is 44.2 Å². The Balaban J connectivity index is 1.47. The first-order valence-electron chi connectivity index (χ1n) is 9.05. The topological polar surface area (TPSA) is 66.6 Å². The molecule has 0 N–H and O–H groups in total. The van der Waals surface area contributed by atoms with E-state index in [-0.39, 0.29) is 5.91 Å². The van der Waals surface area contributed by atoms with E-state index >= 15 is 0 Å². The predicted molar refractivity (Wildman–Crippen MR) is 91.0 cm³/mol. The van der Waals surface area contributed by atoms with E-state index in [1.54, 1.807) is 4.52 Å². The standard InChI is InChI=1S/C17H24N6O/c24-17(22-12-2-1-3-13-22)9-8-15-19-18-14-6-7-16(20-23(14)15)21-10-4-5-11-21/h6-7H,1-5,8-13H2. The van der Waals surface area contributed by atoms with Gasteiger partial charge in [-0.2, -0.15) is 4.52 Å². The van der Waals surface area contributed by atoms with Crippen molar-refractivity contribution in [2.75, 3.05) is 31.1 Å². The molecule has 0 aliphatic carbocycles. The second kappa shape index (κ2) is 6.75. The van der Waals surface area contributed by atoms with Gasteiger partial charge in [0.2, 0.25) is 5.91 Å². The van der Waals surface area contributed by atoms with Crippen LogP contribution < -0.4 is 4.90 Å². The molecule has 2 aromatic heterocycles. The number of amides is 1. The SMILES string of the molecule is O=C(CCc1nnc2ccc(N3CCCC3)nn12)N1CCCCC1. The van der Waals surface area contributed by atoms with E-state index in [4.69, 9.17) is 5.10 Å². The van der Waals surface area contributed by atoms with Crippen molar-refractivity contribution in [1.82, 2.24) is 24.7 Å². The summed E-state index contributed by atoms with van der Waals surface area (Å²) in [5.74, 6) is 1.97. The maximum absolute atomic E-state index is 12.3. The molecule has 0 unspecified atom stereocenters. The Labute approximate surface area is 141 Å². The molecule has 2 aliphatic rings. The van der Waals surface area contributed by atoms with Gasteiger partial charge in [0.1, 0.15) is 5.82 Å². The molecule has 24 heavy (non-hydrogen) atoms. The lowest BCUT2D eigenvalue weighted by atomic mass is 10.1. The van der Waals surface area contributed by atoms with Crippen molar-refractivity contribution in [2.45, 2.75) is 44.9 Å². The average Bonchev–Trinajstić information content (AvgIpc) is 3.30. The van der Waals surface area contributed by atoms with Crippen molar-refractivity contribution in [2.24, 2.45) is 0 Å². The van der Waals surface area contributed by atoms with Crippen LogP contribution in [0.4, 0.5) is 5.82 Å². The van der Waals surface area contributed by atoms with Crippen LogP contribution in [0.15, 0.2) is 12.1 Å². The first kappa shape index (κ1) is 15.4. The molecule has 0 aromatic carbocycles. The average molecular weight is 328 g/mol. The van der Waals surface area contributed by atoms with Crippen LogP contribution in [0.3, 0.4) is 0 Å². The van der Waals surface area contributed by atoms with Crippen molar-refractivity contribution in [3.05, 3.63) is 18.0 Å². The van der Waals surface area contributed by atoms with E-state index < -0.39 is 0 Å². The fourth-order valence-corrected chi connectivity index (χ4v) is 3.61. The molecule has 2 aliphatic heterocycles. The van der Waals surface area contributed by atoms with Gasteiger partial charge in [-0.15, -0.1) is 15.3 Å². The summed E-state index contributed by atoms with van der Waals surface area (Å²) < 4.78 is 1.80. The van der Waals surface area contributed by atoms with Crippen molar-refractivity contribution in [1.29, 1.82) is 0 Å².